The largest absolute Gasteiger partial charge is 0.328 e. The van der Waals surface area contributed by atoms with E-state index in [4.69, 9.17) is 17.3 Å². The quantitative estimate of drug-likeness (QED) is 0.898. The molecular weight excluding hydrogens is 293 g/mol. The molecule has 0 spiro atoms. The normalized spacial score (nSPS) is 21.0. The number of carbonyl (C=O) groups is 1. The van der Waals surface area contributed by atoms with Crippen LogP contribution in [0.1, 0.15) is 19.8 Å². The zero-order chi connectivity index (χ0) is 15.4. The lowest BCUT2D eigenvalue weighted by Gasteiger charge is -2.34. The van der Waals surface area contributed by atoms with Crippen molar-refractivity contribution in [2.75, 3.05) is 25.0 Å². The molecule has 1 amide bonds. The maximum absolute atomic E-state index is 13.1. The van der Waals surface area contributed by atoms with Gasteiger partial charge in [0, 0.05) is 18.3 Å². The molecule has 1 aliphatic heterocycles. The molecule has 2 atom stereocenters. The Labute approximate surface area is 129 Å². The first-order valence-corrected chi connectivity index (χ1v) is 7.56. The van der Waals surface area contributed by atoms with Gasteiger partial charge in [-0.05, 0) is 50.4 Å². The van der Waals surface area contributed by atoms with Crippen molar-refractivity contribution in [3.05, 3.63) is 29.0 Å². The Kier molecular flexibility index (Phi) is 5.56. The molecule has 0 radical (unpaired) electrons. The summed E-state index contributed by atoms with van der Waals surface area (Å²) in [5.74, 6) is -0.180. The Hall–Kier alpha value is -1.17. The lowest BCUT2D eigenvalue weighted by molar-refractivity contribution is -0.117. The number of rotatable bonds is 4. The standard InChI is InChI=1S/C15H21ClFN3O/c1-10(18)11-3-2-6-20(8-11)9-15(21)19-12-4-5-14(17)13(16)7-12/h4-5,7,10-11H,2-3,6,8-9,18H2,1H3,(H,19,21). The number of halogens is 2. The summed E-state index contributed by atoms with van der Waals surface area (Å²) in [6.45, 7) is 4.07. The van der Waals surface area contributed by atoms with Gasteiger partial charge in [-0.15, -0.1) is 0 Å². The van der Waals surface area contributed by atoms with Gasteiger partial charge in [-0.3, -0.25) is 9.69 Å². The number of nitrogens with one attached hydrogen (secondary N) is 1. The smallest absolute Gasteiger partial charge is 0.238 e. The summed E-state index contributed by atoms with van der Waals surface area (Å²) in [5, 5.41) is 2.74. The molecule has 6 heteroatoms. The second kappa shape index (κ2) is 7.20. The van der Waals surface area contributed by atoms with E-state index in [1.54, 1.807) is 0 Å². The van der Waals surface area contributed by atoms with Crippen molar-refractivity contribution in [2.24, 2.45) is 11.7 Å². The first kappa shape index (κ1) is 16.2. The molecular formula is C15H21ClFN3O. The van der Waals surface area contributed by atoms with Gasteiger partial charge in [-0.1, -0.05) is 11.6 Å². The maximum Gasteiger partial charge on any atom is 0.238 e. The molecule has 0 bridgehead atoms. The molecule has 2 rings (SSSR count). The summed E-state index contributed by atoms with van der Waals surface area (Å²) >= 11 is 5.69. The molecule has 1 aliphatic rings. The third kappa shape index (κ3) is 4.66. The number of amides is 1. The van der Waals surface area contributed by atoms with Crippen LogP contribution in [0.2, 0.25) is 5.02 Å². The average molecular weight is 314 g/mol. The van der Waals surface area contributed by atoms with E-state index in [1.807, 2.05) is 6.92 Å². The second-order valence-corrected chi connectivity index (χ2v) is 6.08. The molecule has 4 nitrogen and oxygen atoms in total. The molecule has 1 heterocycles. The van der Waals surface area contributed by atoms with Gasteiger partial charge >= 0.3 is 0 Å². The van der Waals surface area contributed by atoms with Gasteiger partial charge in [0.05, 0.1) is 11.6 Å². The number of anilines is 1. The van der Waals surface area contributed by atoms with Crippen LogP contribution in [0.15, 0.2) is 18.2 Å². The molecule has 0 saturated carbocycles. The fraction of sp³-hybridized carbons (Fsp3) is 0.533. The maximum atomic E-state index is 13.1. The van der Waals surface area contributed by atoms with Gasteiger partial charge < -0.3 is 11.1 Å². The number of hydrogen-bond donors (Lipinski definition) is 2. The molecule has 2 unspecified atom stereocenters. The third-order valence-corrected chi connectivity index (χ3v) is 4.15. The summed E-state index contributed by atoms with van der Waals surface area (Å²) in [6, 6.07) is 4.30. The van der Waals surface area contributed by atoms with E-state index in [0.717, 1.165) is 25.9 Å². The Morgan fingerprint density at radius 2 is 2.38 bits per heavy atom. The van der Waals surface area contributed by atoms with E-state index in [1.165, 1.54) is 18.2 Å². The van der Waals surface area contributed by atoms with E-state index in [-0.39, 0.29) is 17.0 Å². The Balaban J connectivity index is 1.87. The molecule has 21 heavy (non-hydrogen) atoms. The highest BCUT2D eigenvalue weighted by molar-refractivity contribution is 6.31. The highest BCUT2D eigenvalue weighted by Gasteiger charge is 2.23. The minimum absolute atomic E-state index is 0.00259. The third-order valence-electron chi connectivity index (χ3n) is 3.86. The van der Waals surface area contributed by atoms with Crippen LogP contribution >= 0.6 is 11.6 Å². The average Bonchev–Trinajstić information content (AvgIpc) is 2.43. The van der Waals surface area contributed by atoms with Gasteiger partial charge in [0.15, 0.2) is 0 Å². The van der Waals surface area contributed by atoms with Gasteiger partial charge in [0.1, 0.15) is 5.82 Å². The SMILES string of the molecule is CC(N)C1CCCN(CC(=O)Nc2ccc(F)c(Cl)c2)C1. The number of benzene rings is 1. The Morgan fingerprint density at radius 1 is 1.62 bits per heavy atom. The summed E-state index contributed by atoms with van der Waals surface area (Å²) in [7, 11) is 0. The summed E-state index contributed by atoms with van der Waals surface area (Å²) in [6.07, 6.45) is 2.17. The lowest BCUT2D eigenvalue weighted by Crippen LogP contribution is -2.45. The van der Waals surface area contributed by atoms with Crippen molar-refractivity contribution in [3.8, 4) is 0 Å². The van der Waals surface area contributed by atoms with Crippen molar-refractivity contribution in [1.29, 1.82) is 0 Å². The molecule has 1 aromatic carbocycles. The topological polar surface area (TPSA) is 58.4 Å². The fourth-order valence-corrected chi connectivity index (χ4v) is 2.82. The van der Waals surface area contributed by atoms with Crippen molar-refractivity contribution >= 4 is 23.2 Å². The number of nitrogens with zero attached hydrogens (tertiary/aromatic N) is 1. The first-order valence-electron chi connectivity index (χ1n) is 7.18. The number of hydrogen-bond acceptors (Lipinski definition) is 3. The zero-order valence-electron chi connectivity index (χ0n) is 12.1. The second-order valence-electron chi connectivity index (χ2n) is 5.67. The summed E-state index contributed by atoms with van der Waals surface area (Å²) in [4.78, 5) is 14.1. The van der Waals surface area contributed by atoms with Crippen LogP contribution in [-0.4, -0.2) is 36.5 Å². The van der Waals surface area contributed by atoms with E-state index in [9.17, 15) is 9.18 Å². The molecule has 0 aromatic heterocycles. The highest BCUT2D eigenvalue weighted by atomic mass is 35.5. The Morgan fingerprint density at radius 3 is 3.05 bits per heavy atom. The van der Waals surface area contributed by atoms with Crippen molar-refractivity contribution in [2.45, 2.75) is 25.8 Å². The van der Waals surface area contributed by atoms with Crippen LogP contribution in [0.3, 0.4) is 0 Å². The summed E-state index contributed by atoms with van der Waals surface area (Å²) < 4.78 is 13.1. The monoisotopic (exact) mass is 313 g/mol. The molecule has 116 valence electrons. The van der Waals surface area contributed by atoms with E-state index >= 15 is 0 Å². The minimum Gasteiger partial charge on any atom is -0.328 e. The summed E-state index contributed by atoms with van der Waals surface area (Å²) in [5.41, 5.74) is 6.44. The highest BCUT2D eigenvalue weighted by Crippen LogP contribution is 2.20. The predicted octanol–water partition coefficient (Wildman–Crippen LogP) is 2.48. The van der Waals surface area contributed by atoms with Gasteiger partial charge in [-0.25, -0.2) is 4.39 Å². The fourth-order valence-electron chi connectivity index (χ4n) is 2.64. The van der Waals surface area contributed by atoms with Crippen molar-refractivity contribution in [3.63, 3.8) is 0 Å². The van der Waals surface area contributed by atoms with Gasteiger partial charge in [0.25, 0.3) is 0 Å². The molecule has 1 fully saturated rings. The van der Waals surface area contributed by atoms with Gasteiger partial charge in [0.2, 0.25) is 5.91 Å². The van der Waals surface area contributed by atoms with Crippen LogP contribution in [0, 0.1) is 11.7 Å². The van der Waals surface area contributed by atoms with Gasteiger partial charge in [-0.2, -0.15) is 0 Å². The van der Waals surface area contributed by atoms with Crippen LogP contribution < -0.4 is 11.1 Å². The minimum atomic E-state index is -0.495. The van der Waals surface area contributed by atoms with E-state index < -0.39 is 5.82 Å². The van der Waals surface area contributed by atoms with Crippen molar-refractivity contribution in [1.82, 2.24) is 4.90 Å². The number of carbonyl (C=O) groups excluding carboxylic acids is 1. The van der Waals surface area contributed by atoms with Crippen molar-refractivity contribution < 1.29 is 9.18 Å². The predicted molar refractivity (Wildman–Crippen MR) is 82.9 cm³/mol. The first-order chi connectivity index (χ1) is 9.95. The number of likely N-dealkylation sites (tertiary alicyclic amines) is 1. The zero-order valence-corrected chi connectivity index (χ0v) is 12.9. The Bertz CT molecular complexity index is 510. The van der Waals surface area contributed by atoms with Crippen LogP contribution in [-0.2, 0) is 4.79 Å². The van der Waals surface area contributed by atoms with Crippen LogP contribution in [0.5, 0.6) is 0 Å². The lowest BCUT2D eigenvalue weighted by atomic mass is 9.92. The van der Waals surface area contributed by atoms with Crippen LogP contribution in [0.25, 0.3) is 0 Å². The molecule has 1 saturated heterocycles. The number of piperidine rings is 1. The molecule has 0 aliphatic carbocycles. The molecule has 3 N–H and O–H groups in total. The number of nitrogens with two attached hydrogens (primary N) is 1. The van der Waals surface area contributed by atoms with E-state index in [2.05, 4.69) is 10.2 Å². The van der Waals surface area contributed by atoms with Crippen LogP contribution in [0.4, 0.5) is 10.1 Å². The molecule has 1 aromatic rings. The van der Waals surface area contributed by atoms with E-state index in [0.29, 0.717) is 18.2 Å².